The number of hydrogen-bond donors (Lipinski definition) is 0. The van der Waals surface area contributed by atoms with Crippen LogP contribution in [0.25, 0.3) is 10.9 Å². The van der Waals surface area contributed by atoms with Crippen molar-refractivity contribution in [1.82, 2.24) is 4.57 Å². The summed E-state index contributed by atoms with van der Waals surface area (Å²) in [6, 6.07) is 5.40. The molecule has 1 aromatic carbocycles. The molecule has 0 bridgehead atoms. The number of carbonyl (C=O) groups excluding carboxylic acids is 2. The number of aryl methyl sites for hydroxylation is 1. The van der Waals surface area contributed by atoms with Crippen molar-refractivity contribution in [2.24, 2.45) is 7.05 Å². The van der Waals surface area contributed by atoms with Crippen LogP contribution in [-0.2, 0) is 7.05 Å². The summed E-state index contributed by atoms with van der Waals surface area (Å²) in [6.07, 6.45) is 2.58. The Balaban J connectivity index is 2.91. The van der Waals surface area contributed by atoms with E-state index in [4.69, 9.17) is 0 Å². The Labute approximate surface area is 87.3 Å². The lowest BCUT2D eigenvalue weighted by Gasteiger charge is -1.98. The molecular weight excluding hydrogens is 190 g/mol. The van der Waals surface area contributed by atoms with Crippen LogP contribution in [0, 0.1) is 0 Å². The van der Waals surface area contributed by atoms with Crippen LogP contribution in [-0.4, -0.2) is 16.6 Å². The third kappa shape index (κ3) is 1.36. The summed E-state index contributed by atoms with van der Waals surface area (Å²) < 4.78 is 1.82. The maximum atomic E-state index is 11.4. The van der Waals surface area contributed by atoms with E-state index in [-0.39, 0.29) is 5.78 Å². The Hall–Kier alpha value is -1.90. The van der Waals surface area contributed by atoms with Crippen LogP contribution < -0.4 is 0 Å². The Morgan fingerprint density at radius 1 is 1.40 bits per heavy atom. The number of nitrogens with zero attached hydrogens (tertiary/aromatic N) is 1. The van der Waals surface area contributed by atoms with Crippen LogP contribution in [0.1, 0.15) is 27.6 Å². The molecule has 3 nitrogen and oxygen atoms in total. The highest BCUT2D eigenvalue weighted by atomic mass is 16.1. The molecule has 3 heteroatoms. The maximum absolute atomic E-state index is 11.4. The van der Waals surface area contributed by atoms with Gasteiger partial charge in [-0.2, -0.15) is 0 Å². The summed E-state index contributed by atoms with van der Waals surface area (Å²) in [5.41, 5.74) is 2.09. The zero-order chi connectivity index (χ0) is 11.0. The van der Waals surface area contributed by atoms with Crippen molar-refractivity contribution in [1.29, 1.82) is 0 Å². The minimum atomic E-state index is 0.0173. The van der Waals surface area contributed by atoms with Crippen LogP contribution in [0.2, 0.25) is 0 Å². The highest BCUT2D eigenvalue weighted by Crippen LogP contribution is 2.23. The molecule has 2 rings (SSSR count). The van der Waals surface area contributed by atoms with E-state index >= 15 is 0 Å². The molecule has 0 N–H and O–H groups in total. The monoisotopic (exact) mass is 201 g/mol. The van der Waals surface area contributed by atoms with Gasteiger partial charge in [-0.25, -0.2) is 0 Å². The highest BCUT2D eigenvalue weighted by molar-refractivity contribution is 6.10. The first-order valence-corrected chi connectivity index (χ1v) is 4.69. The van der Waals surface area contributed by atoms with Crippen molar-refractivity contribution in [2.75, 3.05) is 0 Å². The standard InChI is InChI=1S/C12H11NO2/c1-8(15)11-6-13(2)12-9(7-14)4-3-5-10(11)12/h3-7H,1-2H3. The number of aldehydes is 1. The lowest BCUT2D eigenvalue weighted by molar-refractivity contribution is 0.101. The van der Waals surface area contributed by atoms with Gasteiger partial charge in [0.15, 0.2) is 12.1 Å². The lowest BCUT2D eigenvalue weighted by atomic mass is 10.1. The molecule has 76 valence electrons. The predicted molar refractivity (Wildman–Crippen MR) is 58.3 cm³/mol. The van der Waals surface area contributed by atoms with Crippen molar-refractivity contribution >= 4 is 23.0 Å². The van der Waals surface area contributed by atoms with E-state index in [0.717, 1.165) is 17.2 Å². The molecule has 0 saturated heterocycles. The van der Waals surface area contributed by atoms with E-state index in [0.29, 0.717) is 11.1 Å². The molecule has 0 fully saturated rings. The smallest absolute Gasteiger partial charge is 0.161 e. The molecule has 15 heavy (non-hydrogen) atoms. The quantitative estimate of drug-likeness (QED) is 0.552. The van der Waals surface area contributed by atoms with Gasteiger partial charge in [-0.1, -0.05) is 12.1 Å². The molecule has 0 aliphatic heterocycles. The topological polar surface area (TPSA) is 39.1 Å². The lowest BCUT2D eigenvalue weighted by Crippen LogP contribution is -1.89. The summed E-state index contributed by atoms with van der Waals surface area (Å²) in [5, 5.41) is 0.842. The average molecular weight is 201 g/mol. The number of para-hydroxylation sites is 1. The van der Waals surface area contributed by atoms with Gasteiger partial charge in [0.25, 0.3) is 0 Å². The predicted octanol–water partition coefficient (Wildman–Crippen LogP) is 2.19. The minimum Gasteiger partial charge on any atom is -0.349 e. The van der Waals surface area contributed by atoms with Gasteiger partial charge in [-0.3, -0.25) is 9.59 Å². The zero-order valence-electron chi connectivity index (χ0n) is 8.65. The molecule has 1 heterocycles. The van der Waals surface area contributed by atoms with Crippen molar-refractivity contribution in [3.63, 3.8) is 0 Å². The van der Waals surface area contributed by atoms with Gasteiger partial charge in [0.05, 0.1) is 5.52 Å². The Morgan fingerprint density at radius 3 is 2.73 bits per heavy atom. The zero-order valence-corrected chi connectivity index (χ0v) is 8.65. The fourth-order valence-corrected chi connectivity index (χ4v) is 1.88. The second-order valence-corrected chi connectivity index (χ2v) is 3.57. The molecule has 0 radical (unpaired) electrons. The van der Waals surface area contributed by atoms with Gasteiger partial charge in [-0.15, -0.1) is 0 Å². The second kappa shape index (κ2) is 3.35. The summed E-state index contributed by atoms with van der Waals surface area (Å²) in [5.74, 6) is 0.0173. The number of Topliss-reactive ketones (excluding diaryl/α,β-unsaturated/α-hetero) is 1. The van der Waals surface area contributed by atoms with E-state index in [1.165, 1.54) is 6.92 Å². The number of ketones is 1. The summed E-state index contributed by atoms with van der Waals surface area (Å²) >= 11 is 0. The first-order valence-electron chi connectivity index (χ1n) is 4.69. The molecular formula is C12H11NO2. The summed E-state index contributed by atoms with van der Waals surface area (Å²) in [4.78, 5) is 22.2. The molecule has 0 unspecified atom stereocenters. The minimum absolute atomic E-state index is 0.0173. The van der Waals surface area contributed by atoms with Crippen LogP contribution in [0.15, 0.2) is 24.4 Å². The Kier molecular flexibility index (Phi) is 2.15. The molecule has 0 aliphatic carbocycles. The first kappa shape index (κ1) is 9.65. The van der Waals surface area contributed by atoms with Crippen molar-refractivity contribution in [3.05, 3.63) is 35.5 Å². The van der Waals surface area contributed by atoms with E-state index in [1.54, 1.807) is 18.3 Å². The number of benzene rings is 1. The molecule has 0 amide bonds. The third-order valence-corrected chi connectivity index (χ3v) is 2.54. The summed E-state index contributed by atoms with van der Waals surface area (Å²) in [6.45, 7) is 1.53. The van der Waals surface area contributed by atoms with Gasteiger partial charge in [0, 0.05) is 29.8 Å². The van der Waals surface area contributed by atoms with E-state index < -0.39 is 0 Å². The highest BCUT2D eigenvalue weighted by Gasteiger charge is 2.12. The van der Waals surface area contributed by atoms with Crippen molar-refractivity contribution in [2.45, 2.75) is 6.92 Å². The Bertz CT molecular complexity index is 552. The molecule has 2 aromatic rings. The third-order valence-electron chi connectivity index (χ3n) is 2.54. The molecule has 0 saturated carbocycles. The van der Waals surface area contributed by atoms with Gasteiger partial charge in [0.1, 0.15) is 0 Å². The van der Waals surface area contributed by atoms with Crippen LogP contribution in [0.5, 0.6) is 0 Å². The van der Waals surface area contributed by atoms with E-state index in [9.17, 15) is 9.59 Å². The van der Waals surface area contributed by atoms with Crippen molar-refractivity contribution in [3.8, 4) is 0 Å². The van der Waals surface area contributed by atoms with Gasteiger partial charge in [-0.05, 0) is 13.0 Å². The number of rotatable bonds is 2. The van der Waals surface area contributed by atoms with Gasteiger partial charge >= 0.3 is 0 Å². The Morgan fingerprint density at radius 2 is 2.13 bits per heavy atom. The van der Waals surface area contributed by atoms with Crippen LogP contribution >= 0.6 is 0 Å². The van der Waals surface area contributed by atoms with E-state index in [1.807, 2.05) is 17.7 Å². The molecule has 0 aliphatic rings. The number of fused-ring (bicyclic) bond motifs is 1. The van der Waals surface area contributed by atoms with Crippen LogP contribution in [0.3, 0.4) is 0 Å². The fraction of sp³-hybridized carbons (Fsp3) is 0.167. The molecule has 1 aromatic heterocycles. The number of carbonyl (C=O) groups is 2. The van der Waals surface area contributed by atoms with Gasteiger partial charge in [0.2, 0.25) is 0 Å². The SMILES string of the molecule is CC(=O)c1cn(C)c2c(C=O)cccc12. The second-order valence-electron chi connectivity index (χ2n) is 3.57. The van der Waals surface area contributed by atoms with Crippen LogP contribution in [0.4, 0.5) is 0 Å². The fourth-order valence-electron chi connectivity index (χ4n) is 1.88. The maximum Gasteiger partial charge on any atom is 0.161 e. The molecule has 0 atom stereocenters. The normalized spacial score (nSPS) is 10.5. The molecule has 0 spiro atoms. The summed E-state index contributed by atoms with van der Waals surface area (Å²) in [7, 11) is 1.84. The largest absolute Gasteiger partial charge is 0.349 e. The van der Waals surface area contributed by atoms with E-state index in [2.05, 4.69) is 0 Å². The first-order chi connectivity index (χ1) is 7.15. The van der Waals surface area contributed by atoms with Gasteiger partial charge < -0.3 is 4.57 Å². The average Bonchev–Trinajstić information content (AvgIpc) is 2.56. The number of hydrogen-bond acceptors (Lipinski definition) is 2. The van der Waals surface area contributed by atoms with Crippen molar-refractivity contribution < 1.29 is 9.59 Å². The number of aromatic nitrogens is 1.